The molecule has 0 aliphatic carbocycles. The Morgan fingerprint density at radius 1 is 1.70 bits per heavy atom. The van der Waals surface area contributed by atoms with E-state index in [0.29, 0.717) is 0 Å². The molecule has 0 aliphatic rings. The summed E-state index contributed by atoms with van der Waals surface area (Å²) < 4.78 is 0. The van der Waals surface area contributed by atoms with Crippen LogP contribution in [-0.2, 0) is 0 Å². The van der Waals surface area contributed by atoms with Crippen molar-refractivity contribution in [3.63, 3.8) is 0 Å². The number of hydrogen-bond acceptors (Lipinski definition) is 1. The van der Waals surface area contributed by atoms with Crippen LogP contribution in [0.15, 0.2) is 12.7 Å². The minimum atomic E-state index is 0.780. The summed E-state index contributed by atoms with van der Waals surface area (Å²) >= 11 is 1.88. The van der Waals surface area contributed by atoms with Gasteiger partial charge in [-0.05, 0) is 12.8 Å². The van der Waals surface area contributed by atoms with Gasteiger partial charge in [0.25, 0.3) is 0 Å². The molecule has 0 aromatic carbocycles. The lowest BCUT2D eigenvalue weighted by atomic mass is 10.1. The van der Waals surface area contributed by atoms with Gasteiger partial charge >= 0.3 is 0 Å². The highest BCUT2D eigenvalue weighted by atomic mass is 32.7. The third kappa shape index (κ3) is 5.32. The molecule has 0 nitrogen and oxygen atoms in total. The number of rotatable bonds is 6. The molecule has 0 heterocycles. The van der Waals surface area contributed by atoms with E-state index >= 15 is 0 Å². The van der Waals surface area contributed by atoms with Gasteiger partial charge in [0.2, 0.25) is 0 Å². The molecule has 60 valence electrons. The summed E-state index contributed by atoms with van der Waals surface area (Å²) in [5.41, 5.74) is 0. The number of unbranched alkanes of at least 4 members (excludes halogenated alkanes) is 1. The van der Waals surface area contributed by atoms with E-state index in [0.717, 1.165) is 11.7 Å². The monoisotopic (exact) mass is 176 g/mol. The molecule has 0 aromatic heterocycles. The van der Waals surface area contributed by atoms with Crippen LogP contribution in [0.3, 0.4) is 0 Å². The van der Waals surface area contributed by atoms with Crippen LogP contribution in [0, 0.1) is 0 Å². The van der Waals surface area contributed by atoms with E-state index in [4.69, 9.17) is 0 Å². The maximum absolute atomic E-state index is 3.73. The molecule has 0 radical (unpaired) electrons. The summed E-state index contributed by atoms with van der Waals surface area (Å²) in [6, 6.07) is 0. The molecule has 0 bridgehead atoms. The smallest absolute Gasteiger partial charge is 0.0118 e. The standard InChI is InChI=1S/C8H17PS/c1-3-5-7-8(10-9)6-4-2/h4,8H,2-3,5-7,9H2,1H3. The van der Waals surface area contributed by atoms with Crippen molar-refractivity contribution in [2.24, 2.45) is 0 Å². The Labute approximate surface area is 70.8 Å². The molecule has 10 heavy (non-hydrogen) atoms. The second kappa shape index (κ2) is 7.63. The van der Waals surface area contributed by atoms with Gasteiger partial charge in [0.05, 0.1) is 0 Å². The van der Waals surface area contributed by atoms with Crippen LogP contribution in [0.2, 0.25) is 0 Å². The van der Waals surface area contributed by atoms with E-state index in [-0.39, 0.29) is 0 Å². The van der Waals surface area contributed by atoms with Crippen LogP contribution in [0.4, 0.5) is 0 Å². The van der Waals surface area contributed by atoms with Crippen molar-refractivity contribution in [1.29, 1.82) is 0 Å². The zero-order chi connectivity index (χ0) is 7.82. The van der Waals surface area contributed by atoms with Crippen LogP contribution >= 0.6 is 19.8 Å². The molecule has 0 aromatic rings. The van der Waals surface area contributed by atoms with Gasteiger partial charge < -0.3 is 0 Å². The van der Waals surface area contributed by atoms with Gasteiger partial charge in [-0.2, -0.15) is 0 Å². The van der Waals surface area contributed by atoms with Gasteiger partial charge in [0.15, 0.2) is 0 Å². The molecular weight excluding hydrogens is 159 g/mol. The Balaban J connectivity index is 3.29. The van der Waals surface area contributed by atoms with Crippen molar-refractivity contribution in [2.45, 2.75) is 37.9 Å². The fraction of sp³-hybridized carbons (Fsp3) is 0.750. The summed E-state index contributed by atoms with van der Waals surface area (Å²) in [5, 5.41) is 0.780. The average molecular weight is 176 g/mol. The lowest BCUT2D eigenvalue weighted by molar-refractivity contribution is 0.690. The lowest BCUT2D eigenvalue weighted by Gasteiger charge is -2.09. The molecule has 0 rings (SSSR count). The van der Waals surface area contributed by atoms with Gasteiger partial charge in [-0.1, -0.05) is 34.3 Å². The zero-order valence-corrected chi connectivity index (χ0v) is 8.65. The topological polar surface area (TPSA) is 0 Å². The van der Waals surface area contributed by atoms with E-state index in [1.807, 2.05) is 17.5 Å². The quantitative estimate of drug-likeness (QED) is 0.440. The fourth-order valence-electron chi connectivity index (χ4n) is 0.859. The van der Waals surface area contributed by atoms with E-state index < -0.39 is 0 Å². The molecule has 0 amide bonds. The molecule has 0 saturated heterocycles. The minimum Gasteiger partial charge on any atom is -0.137 e. The minimum absolute atomic E-state index is 0.780. The van der Waals surface area contributed by atoms with E-state index in [1.165, 1.54) is 19.3 Å². The van der Waals surface area contributed by atoms with Crippen LogP contribution in [0.1, 0.15) is 32.6 Å². The van der Waals surface area contributed by atoms with E-state index in [1.54, 1.807) is 0 Å². The zero-order valence-electron chi connectivity index (χ0n) is 6.68. The lowest BCUT2D eigenvalue weighted by Crippen LogP contribution is -1.97. The van der Waals surface area contributed by atoms with Gasteiger partial charge in [-0.25, -0.2) is 0 Å². The third-order valence-electron chi connectivity index (χ3n) is 1.50. The van der Waals surface area contributed by atoms with Crippen LogP contribution in [0.25, 0.3) is 0 Å². The van der Waals surface area contributed by atoms with Crippen molar-refractivity contribution < 1.29 is 0 Å². The summed E-state index contributed by atoms with van der Waals surface area (Å²) in [6.07, 6.45) is 7.14. The third-order valence-corrected chi connectivity index (χ3v) is 3.47. The number of allylic oxidation sites excluding steroid dienone is 1. The van der Waals surface area contributed by atoms with Crippen molar-refractivity contribution in [3.05, 3.63) is 12.7 Å². The molecule has 0 fully saturated rings. The first-order chi connectivity index (χ1) is 4.85. The molecule has 2 heteroatoms. The van der Waals surface area contributed by atoms with E-state index in [9.17, 15) is 0 Å². The Bertz CT molecular complexity index is 83.3. The first kappa shape index (κ1) is 10.5. The Morgan fingerprint density at radius 3 is 2.80 bits per heavy atom. The van der Waals surface area contributed by atoms with Crippen LogP contribution in [0.5, 0.6) is 0 Å². The van der Waals surface area contributed by atoms with Crippen LogP contribution in [-0.4, -0.2) is 5.25 Å². The normalized spacial score (nSPS) is 13.0. The predicted molar refractivity (Wildman–Crippen MR) is 55.4 cm³/mol. The highest BCUT2D eigenvalue weighted by Gasteiger charge is 2.02. The van der Waals surface area contributed by atoms with E-state index in [2.05, 4.69) is 21.9 Å². The Hall–Kier alpha value is 0.520. The Morgan fingerprint density at radius 2 is 2.40 bits per heavy atom. The molecular formula is C8H17PS. The first-order valence-corrected chi connectivity index (χ1v) is 6.17. The molecule has 2 atom stereocenters. The molecule has 2 unspecified atom stereocenters. The molecule has 0 N–H and O–H groups in total. The molecule has 0 saturated carbocycles. The Kier molecular flexibility index (Phi) is 8.02. The maximum atomic E-state index is 3.73. The second-order valence-electron chi connectivity index (χ2n) is 2.42. The second-order valence-corrected chi connectivity index (χ2v) is 4.18. The van der Waals surface area contributed by atoms with Crippen LogP contribution < -0.4 is 0 Å². The summed E-state index contributed by atoms with van der Waals surface area (Å²) in [6.45, 7) is 5.97. The van der Waals surface area contributed by atoms with Gasteiger partial charge in [-0.3, -0.25) is 0 Å². The number of hydrogen-bond donors (Lipinski definition) is 0. The molecule has 0 spiro atoms. The van der Waals surface area contributed by atoms with Crippen molar-refractivity contribution in [3.8, 4) is 0 Å². The summed E-state index contributed by atoms with van der Waals surface area (Å²) in [4.78, 5) is 0. The first-order valence-electron chi connectivity index (χ1n) is 3.81. The SMILES string of the molecule is C=CCC(CCCC)SP. The summed E-state index contributed by atoms with van der Waals surface area (Å²) in [7, 11) is 2.73. The van der Waals surface area contributed by atoms with Gasteiger partial charge in [0, 0.05) is 5.25 Å². The highest BCUT2D eigenvalue weighted by molar-refractivity contribution is 8.44. The molecule has 0 aliphatic heterocycles. The average Bonchev–Trinajstić information content (AvgIpc) is 1.98. The van der Waals surface area contributed by atoms with Crippen molar-refractivity contribution in [1.82, 2.24) is 0 Å². The fourth-order valence-corrected chi connectivity index (χ4v) is 2.15. The van der Waals surface area contributed by atoms with Gasteiger partial charge in [0.1, 0.15) is 0 Å². The largest absolute Gasteiger partial charge is 0.137 e. The van der Waals surface area contributed by atoms with Crippen molar-refractivity contribution >= 4 is 19.8 Å². The van der Waals surface area contributed by atoms with Gasteiger partial charge in [-0.15, -0.1) is 18.0 Å². The van der Waals surface area contributed by atoms with Crippen molar-refractivity contribution in [2.75, 3.05) is 0 Å². The summed E-state index contributed by atoms with van der Waals surface area (Å²) in [5.74, 6) is 0. The predicted octanol–water partition coefficient (Wildman–Crippen LogP) is 3.64. The maximum Gasteiger partial charge on any atom is 0.0118 e. The highest BCUT2D eigenvalue weighted by Crippen LogP contribution is 2.26.